The molecule has 0 bridgehead atoms. The fourth-order valence-electron chi connectivity index (χ4n) is 10.1. The molecule has 0 saturated carbocycles. The van der Waals surface area contributed by atoms with E-state index in [1.54, 1.807) is 0 Å². The van der Waals surface area contributed by atoms with E-state index in [2.05, 4.69) is 126 Å². The maximum atomic E-state index is 5.72. The van der Waals surface area contributed by atoms with Crippen LogP contribution in [0, 0.1) is 107 Å². The standard InChI is InChI=1S/C45H36N8.58Y/c1-17-13-29-33(25(9)21(17)5)41-47-39-31-15-19(3)23(7)27(11)35(31)43-49-44-36-28(12)24(8)20(4)16-32(36)40-48-42-34-26(10)22(6)18(2)14-30(34)38-46-37(29)50(41)45(51(38)42,52(39)43)53(40)44;;;;;;;;;;;;;;;;;;;;;;;;;;;;;;;;;;;;;;;;;;;;;;;;;;;;;;;;;;/h1-12H3;;;;;;;;;;;;;;;;;;;;;;;;;;;;;;;;;;;;;;;;;;;;;;;;;;;;;;;;;;/q-2;;;;;;;;;;;;;;;;;;;;;;;;;;;;;;;;;;;;;;;;;;;;;;;;;;;;;;;;;;. The minimum absolute atomic E-state index is 0. The second-order valence-electron chi connectivity index (χ2n) is 16.0. The van der Waals surface area contributed by atoms with Crippen LogP contribution in [0.3, 0.4) is 0 Å². The third kappa shape index (κ3) is 79.3. The zero-order chi connectivity index (χ0) is 36.6. The van der Waals surface area contributed by atoms with E-state index in [1.807, 2.05) is 0 Å². The number of amidine groups is 4. The summed E-state index contributed by atoms with van der Waals surface area (Å²) < 4.78 is 9.50. The molecule has 432 valence electrons. The number of aryl methyl sites for hydroxylation is 6. The Labute approximate surface area is 2130 Å². The summed E-state index contributed by atoms with van der Waals surface area (Å²) in [6.45, 7) is 26.3. The van der Waals surface area contributed by atoms with Crippen molar-refractivity contribution in [3.8, 4) is 0 Å². The zero-order valence-corrected chi connectivity index (χ0v) is 230. The van der Waals surface area contributed by atoms with E-state index in [0.29, 0.717) is 0 Å². The van der Waals surface area contributed by atoms with E-state index in [0.717, 1.165) is 112 Å². The molecular formula is C45H36N8Y58-2. The van der Waals surface area contributed by atoms with Crippen LogP contribution >= 0.6 is 0 Å². The Balaban J connectivity index is -0.0000000157. The molecule has 0 amide bonds. The molecule has 66 heteroatoms. The number of benzene rings is 4. The molecule has 58 radical (unpaired) electrons. The van der Waals surface area contributed by atoms with E-state index in [-0.39, 0.29) is 1900 Å². The van der Waals surface area contributed by atoms with Crippen molar-refractivity contribution in [2.75, 3.05) is 0 Å². The van der Waals surface area contributed by atoms with Gasteiger partial charge in [0.2, 0.25) is 11.7 Å². The van der Waals surface area contributed by atoms with Crippen molar-refractivity contribution in [1.82, 2.24) is 9.13 Å². The third-order valence-corrected chi connectivity index (χ3v) is 13.8. The van der Waals surface area contributed by atoms with Crippen molar-refractivity contribution >= 4 is 56.5 Å². The quantitative estimate of drug-likeness (QED) is 0.124. The first-order chi connectivity index (χ1) is 25.3. The Morgan fingerprint density at radius 2 is 0.486 bits per heavy atom. The Morgan fingerprint density at radius 1 is 0.216 bits per heavy atom. The van der Waals surface area contributed by atoms with Gasteiger partial charge in [0.05, 0.1) is 11.3 Å². The molecule has 1 unspecified atom stereocenters. The van der Waals surface area contributed by atoms with E-state index >= 15 is 0 Å². The molecule has 0 fully saturated rings. The fraction of sp³-hybridized carbons (Fsp3) is 0.289. The molecule has 6 aliphatic heterocycles. The molecular weight excluding hydrogens is 5810 g/mol. The molecule has 111 heavy (non-hydrogen) atoms. The molecule has 12 rings (SSSR count). The summed E-state index contributed by atoms with van der Waals surface area (Å²) in [5.74, 6) is 4.04. The molecule has 0 saturated heterocycles. The second kappa shape index (κ2) is 166. The predicted molar refractivity (Wildman–Crippen MR) is 206 cm³/mol. The summed E-state index contributed by atoms with van der Waals surface area (Å²) >= 11 is 0. The van der Waals surface area contributed by atoms with Gasteiger partial charge in [0.25, 0.3) is 0 Å². The van der Waals surface area contributed by atoms with Crippen LogP contribution in [0.15, 0.2) is 20.0 Å². The van der Waals surface area contributed by atoms with Gasteiger partial charge in [0.15, 0.2) is 11.7 Å². The average Bonchev–Trinajstić information content (AvgIpc) is 3.82. The van der Waals surface area contributed by atoms with Crippen LogP contribution in [0.5, 0.6) is 0 Å². The maximum absolute atomic E-state index is 5.72. The first-order valence-corrected chi connectivity index (χ1v) is 18.5. The van der Waals surface area contributed by atoms with Crippen molar-refractivity contribution in [3.05, 3.63) is 124 Å². The van der Waals surface area contributed by atoms with E-state index < -0.39 is 5.91 Å². The van der Waals surface area contributed by atoms with Gasteiger partial charge in [-0.2, -0.15) is 4.99 Å². The van der Waals surface area contributed by atoms with Crippen LogP contribution < -0.4 is 11.0 Å². The van der Waals surface area contributed by atoms with Crippen molar-refractivity contribution < 1.29 is 1910 Å². The van der Waals surface area contributed by atoms with Crippen LogP contribution in [0.25, 0.3) is 21.5 Å². The number of fused-ring (bicyclic) bond motifs is 12. The van der Waals surface area contributed by atoms with Crippen LogP contribution in [0.4, 0.5) is 11.6 Å². The van der Waals surface area contributed by atoms with Crippen LogP contribution in [0.1, 0.15) is 89.0 Å². The Hall–Kier alpha value is 58.3. The van der Waals surface area contributed by atoms with Crippen LogP contribution in [0.2, 0.25) is 0 Å². The monoisotopic (exact) mass is 5840 g/mol. The van der Waals surface area contributed by atoms with Gasteiger partial charge in [-0.3, -0.25) is 9.13 Å². The number of rotatable bonds is 0. The van der Waals surface area contributed by atoms with Gasteiger partial charge in [-0.25, -0.2) is 14.1 Å². The largest absolute Gasteiger partial charge is 0.367 e. The SMILES string of the molecule is Cc1[c-]c2c(c(C)c1C)C1=Nc3c4[c-]c(C)c(C)c(C)c4c4n3C35n6c(c7[c-]c(C)c(C)c(C)c7c6=N4)=NC4=[N+]3C(=NC2=[N+]15)c1[c-]c(C)c(C)c(C)c14.[Y].[Y].[Y].[Y].[Y].[Y].[Y].[Y].[Y].[Y].[Y].[Y].[Y].[Y].[Y].[Y].[Y].[Y].[Y].[Y].[Y].[Y].[Y].[Y].[Y].[Y].[Y].[Y].[Y].[Y].[Y].[Y].[Y].[Y].[Y].[Y].[Y].[Y].[Y].[Y].[Y].[Y].[Y].[Y].[Y].[Y].[Y].[Y].[Y].[Y].[Y].[Y].[Y].[Y].[Y].[Y].[Y].[Y]. The van der Waals surface area contributed by atoms with Gasteiger partial charge in [-0.05, 0) is 11.1 Å². The number of aliphatic imine (C=N–C) groups is 2. The summed E-state index contributed by atoms with van der Waals surface area (Å²) in [5, 5.41) is 4.13. The van der Waals surface area contributed by atoms with Gasteiger partial charge in [0, 0.05) is 1900 Å². The van der Waals surface area contributed by atoms with E-state index in [9.17, 15) is 0 Å². The first kappa shape index (κ1) is 321. The van der Waals surface area contributed by atoms with E-state index in [4.69, 9.17) is 20.0 Å². The van der Waals surface area contributed by atoms with Gasteiger partial charge < -0.3 is 0 Å². The minimum atomic E-state index is -1.08. The Bertz CT molecular complexity index is 3390. The van der Waals surface area contributed by atoms with Gasteiger partial charge in [-0.1, -0.05) is 116 Å². The van der Waals surface area contributed by atoms with Crippen LogP contribution in [-0.2, 0) is 1900 Å². The topological polar surface area (TPSA) is 65.3 Å². The molecule has 1 atom stereocenters. The summed E-state index contributed by atoms with van der Waals surface area (Å²) in [6.07, 6.45) is 0. The number of nitrogens with zero attached hydrogens (tertiary/aromatic N) is 8. The van der Waals surface area contributed by atoms with Gasteiger partial charge >= 0.3 is 5.91 Å². The Kier molecular flexibility index (Phi) is 480. The van der Waals surface area contributed by atoms with Crippen molar-refractivity contribution in [2.45, 2.75) is 89.0 Å². The summed E-state index contributed by atoms with van der Waals surface area (Å²) in [4.78, 5) is 22.7. The molecule has 6 aromatic rings. The normalized spacial score (nSPS) is 9.08. The fourth-order valence-corrected chi connectivity index (χ4v) is 10.1. The predicted octanol–water partition coefficient (Wildman–Crippen LogP) is 6.46. The maximum Gasteiger partial charge on any atom is 0.367 e. The minimum Gasteiger partial charge on any atom is -0.259 e. The molecule has 0 aliphatic carbocycles. The summed E-state index contributed by atoms with van der Waals surface area (Å²) in [7, 11) is 0. The van der Waals surface area contributed by atoms with Gasteiger partial charge in [0.1, 0.15) is 11.3 Å². The molecule has 8 nitrogen and oxygen atoms in total. The Morgan fingerprint density at radius 3 is 0.820 bits per heavy atom. The van der Waals surface area contributed by atoms with Crippen molar-refractivity contribution in [1.29, 1.82) is 0 Å². The molecule has 2 aromatic heterocycles. The molecule has 1 spiro atoms. The molecule has 6 aliphatic rings. The van der Waals surface area contributed by atoms with Gasteiger partial charge in [-0.15, -0.1) is 101 Å². The average molecular weight is 5850 g/mol. The number of hydrogen-bond donors (Lipinski definition) is 0. The summed E-state index contributed by atoms with van der Waals surface area (Å²) in [6, 6.07) is 15.3. The molecule has 0 N–H and O–H groups in total. The van der Waals surface area contributed by atoms with Crippen molar-refractivity contribution in [2.24, 2.45) is 20.0 Å². The molecule has 8 heterocycles. The third-order valence-electron chi connectivity index (χ3n) is 13.8. The van der Waals surface area contributed by atoms with Crippen molar-refractivity contribution in [3.63, 3.8) is 0 Å². The van der Waals surface area contributed by atoms with E-state index in [1.165, 1.54) is 44.5 Å². The van der Waals surface area contributed by atoms with Crippen LogP contribution in [-0.4, -0.2) is 41.6 Å². The zero-order valence-electron chi connectivity index (χ0n) is 65.6. The number of hydrogen-bond acceptors (Lipinski definition) is 4. The summed E-state index contributed by atoms with van der Waals surface area (Å²) in [5.41, 5.74) is 19.9. The molecule has 4 aromatic carbocycles. The first-order valence-electron chi connectivity index (χ1n) is 18.5. The number of aromatic nitrogens is 2. The smallest absolute Gasteiger partial charge is 0.259 e. The second-order valence-corrected chi connectivity index (χ2v) is 16.0.